The van der Waals surface area contributed by atoms with Gasteiger partial charge >= 0.3 is 5.97 Å². The van der Waals surface area contributed by atoms with Crippen molar-refractivity contribution in [1.82, 2.24) is 10.6 Å². The number of rotatable bonds is 7. The Morgan fingerprint density at radius 2 is 2.00 bits per heavy atom. The second-order valence-corrected chi connectivity index (χ2v) is 3.19. The molecule has 0 saturated carbocycles. The van der Waals surface area contributed by atoms with E-state index in [1.807, 2.05) is 0 Å². The van der Waals surface area contributed by atoms with Gasteiger partial charge in [0.05, 0.1) is 6.61 Å². The number of hydrogen-bond acceptors (Lipinski definition) is 4. The van der Waals surface area contributed by atoms with Crippen molar-refractivity contribution in [3.8, 4) is 0 Å². The Hall–Kier alpha value is -1.89. The molecule has 0 aliphatic heterocycles. The van der Waals surface area contributed by atoms with E-state index in [1.54, 1.807) is 0 Å². The summed E-state index contributed by atoms with van der Waals surface area (Å²) in [6.45, 7) is 2.22. The topological polar surface area (TPSA) is 105 Å². The first kappa shape index (κ1) is 15.1. The zero-order chi connectivity index (χ0) is 13.3. The number of amides is 2. The molecule has 1 atom stereocenters. The molecule has 7 nitrogen and oxygen atoms in total. The summed E-state index contributed by atoms with van der Waals surface area (Å²) in [7, 11) is 1.51. The molecule has 0 saturated heterocycles. The molecule has 0 spiro atoms. The lowest BCUT2D eigenvalue weighted by molar-refractivity contribution is -0.131. The number of carboxylic acids is 1. The summed E-state index contributed by atoms with van der Waals surface area (Å²) >= 11 is 0. The van der Waals surface area contributed by atoms with Crippen molar-refractivity contribution >= 4 is 17.8 Å². The predicted octanol–water partition coefficient (Wildman–Crippen LogP) is -1.11. The van der Waals surface area contributed by atoms with E-state index < -0.39 is 17.9 Å². The van der Waals surface area contributed by atoms with Crippen LogP contribution in [0.2, 0.25) is 0 Å². The predicted molar refractivity (Wildman–Crippen MR) is 59.3 cm³/mol. The second kappa shape index (κ2) is 8.28. The van der Waals surface area contributed by atoms with Crippen LogP contribution in [0.25, 0.3) is 0 Å². The first-order valence-corrected chi connectivity index (χ1v) is 4.95. The Balaban J connectivity index is 3.98. The number of hydrogen-bond donors (Lipinski definition) is 3. The number of nitrogens with one attached hydrogen (secondary N) is 2. The van der Waals surface area contributed by atoms with E-state index in [2.05, 4.69) is 10.6 Å². The molecule has 0 aliphatic rings. The third-order valence-corrected chi connectivity index (χ3v) is 1.73. The van der Waals surface area contributed by atoms with E-state index in [0.717, 1.165) is 6.08 Å². The van der Waals surface area contributed by atoms with Gasteiger partial charge in [0.2, 0.25) is 11.8 Å². The monoisotopic (exact) mass is 244 g/mol. The molecule has 0 bridgehead atoms. The van der Waals surface area contributed by atoms with Gasteiger partial charge in [-0.3, -0.25) is 9.59 Å². The van der Waals surface area contributed by atoms with Gasteiger partial charge in [-0.2, -0.15) is 0 Å². The van der Waals surface area contributed by atoms with Crippen molar-refractivity contribution in [2.24, 2.45) is 0 Å². The highest BCUT2D eigenvalue weighted by Crippen LogP contribution is 1.84. The molecule has 1 unspecified atom stereocenters. The van der Waals surface area contributed by atoms with E-state index in [1.165, 1.54) is 14.0 Å². The fourth-order valence-electron chi connectivity index (χ4n) is 0.903. The van der Waals surface area contributed by atoms with Crippen LogP contribution in [-0.4, -0.2) is 49.2 Å². The molecule has 0 aromatic rings. The smallest absolute Gasteiger partial charge is 0.328 e. The van der Waals surface area contributed by atoms with E-state index in [-0.39, 0.29) is 5.91 Å². The highest BCUT2D eigenvalue weighted by Gasteiger charge is 2.13. The quantitative estimate of drug-likeness (QED) is 0.389. The number of carbonyl (C=O) groups is 3. The van der Waals surface area contributed by atoms with Crippen LogP contribution in [0.15, 0.2) is 12.2 Å². The third kappa shape index (κ3) is 7.97. The Bertz CT molecular complexity index is 314. The van der Waals surface area contributed by atoms with Crippen LogP contribution >= 0.6 is 0 Å². The fraction of sp³-hybridized carbons (Fsp3) is 0.500. The molecule has 0 radical (unpaired) electrons. The van der Waals surface area contributed by atoms with Gasteiger partial charge in [0.1, 0.15) is 6.04 Å². The molecule has 0 aromatic heterocycles. The normalized spacial score (nSPS) is 12.1. The van der Waals surface area contributed by atoms with Crippen molar-refractivity contribution in [3.63, 3.8) is 0 Å². The zero-order valence-corrected chi connectivity index (χ0v) is 9.73. The van der Waals surface area contributed by atoms with Crippen molar-refractivity contribution in [3.05, 3.63) is 12.2 Å². The molecule has 0 aliphatic carbocycles. The standard InChI is InChI=1S/C10H16N2O5/c1-7(10(16)11-5-6-17-2)12-8(13)3-4-9(14)15/h3-4,7H,5-6H2,1-2H3,(H,11,16)(H,12,13)(H,14,15)/b4-3+. The lowest BCUT2D eigenvalue weighted by atomic mass is 10.3. The average molecular weight is 244 g/mol. The van der Waals surface area contributed by atoms with E-state index in [0.29, 0.717) is 19.2 Å². The molecule has 17 heavy (non-hydrogen) atoms. The third-order valence-electron chi connectivity index (χ3n) is 1.73. The summed E-state index contributed by atoms with van der Waals surface area (Å²) in [5.74, 6) is -2.22. The molecule has 0 aromatic carbocycles. The van der Waals surface area contributed by atoms with Crippen LogP contribution in [0, 0.1) is 0 Å². The molecule has 0 fully saturated rings. The van der Waals surface area contributed by atoms with Gasteiger partial charge in [0.25, 0.3) is 0 Å². The fourth-order valence-corrected chi connectivity index (χ4v) is 0.903. The zero-order valence-electron chi connectivity index (χ0n) is 9.73. The van der Waals surface area contributed by atoms with Crippen molar-refractivity contribution in [2.45, 2.75) is 13.0 Å². The molecule has 0 rings (SSSR count). The summed E-state index contributed by atoms with van der Waals surface area (Å²) in [4.78, 5) is 32.6. The van der Waals surface area contributed by atoms with Crippen molar-refractivity contribution < 1.29 is 24.2 Å². The van der Waals surface area contributed by atoms with E-state index in [4.69, 9.17) is 9.84 Å². The van der Waals surface area contributed by atoms with Crippen molar-refractivity contribution in [2.75, 3.05) is 20.3 Å². The summed E-state index contributed by atoms with van der Waals surface area (Å²) in [5.41, 5.74) is 0. The summed E-state index contributed by atoms with van der Waals surface area (Å²) < 4.78 is 4.74. The number of methoxy groups -OCH3 is 1. The van der Waals surface area contributed by atoms with Gasteiger partial charge in [0, 0.05) is 25.8 Å². The van der Waals surface area contributed by atoms with Gasteiger partial charge in [-0.05, 0) is 6.92 Å². The van der Waals surface area contributed by atoms with Crippen LogP contribution in [0.4, 0.5) is 0 Å². The van der Waals surface area contributed by atoms with Crippen LogP contribution in [-0.2, 0) is 19.1 Å². The summed E-state index contributed by atoms with van der Waals surface area (Å²) in [6.07, 6.45) is 1.55. The Kier molecular flexibility index (Phi) is 7.36. The van der Waals surface area contributed by atoms with E-state index >= 15 is 0 Å². The molecular weight excluding hydrogens is 228 g/mol. The molecule has 7 heteroatoms. The lowest BCUT2D eigenvalue weighted by Gasteiger charge is -2.12. The highest BCUT2D eigenvalue weighted by molar-refractivity contribution is 5.96. The molecular formula is C10H16N2O5. The van der Waals surface area contributed by atoms with Gasteiger partial charge < -0.3 is 20.5 Å². The minimum atomic E-state index is -1.22. The Morgan fingerprint density at radius 3 is 2.53 bits per heavy atom. The number of carbonyl (C=O) groups excluding carboxylic acids is 2. The second-order valence-electron chi connectivity index (χ2n) is 3.19. The Labute approximate surface area is 98.8 Å². The molecule has 2 amide bonds. The van der Waals surface area contributed by atoms with Crippen molar-refractivity contribution in [1.29, 1.82) is 0 Å². The minimum Gasteiger partial charge on any atom is -0.478 e. The highest BCUT2D eigenvalue weighted by atomic mass is 16.5. The number of carboxylic acid groups (broad SMARTS) is 1. The number of aliphatic carboxylic acids is 1. The maximum atomic E-state index is 11.4. The van der Waals surface area contributed by atoms with Crippen LogP contribution in [0.1, 0.15) is 6.92 Å². The van der Waals surface area contributed by atoms with Gasteiger partial charge in [-0.15, -0.1) is 0 Å². The van der Waals surface area contributed by atoms with Crippen LogP contribution in [0.3, 0.4) is 0 Å². The lowest BCUT2D eigenvalue weighted by Crippen LogP contribution is -2.45. The van der Waals surface area contributed by atoms with Crippen LogP contribution in [0.5, 0.6) is 0 Å². The maximum absolute atomic E-state index is 11.4. The van der Waals surface area contributed by atoms with Gasteiger partial charge in [-0.1, -0.05) is 0 Å². The Morgan fingerprint density at radius 1 is 1.35 bits per heavy atom. The summed E-state index contributed by atoms with van der Waals surface area (Å²) in [5, 5.41) is 13.1. The largest absolute Gasteiger partial charge is 0.478 e. The molecule has 3 N–H and O–H groups in total. The minimum absolute atomic E-state index is 0.348. The first-order valence-electron chi connectivity index (χ1n) is 4.95. The van der Waals surface area contributed by atoms with E-state index in [9.17, 15) is 14.4 Å². The average Bonchev–Trinajstić information content (AvgIpc) is 2.26. The van der Waals surface area contributed by atoms with Crippen LogP contribution < -0.4 is 10.6 Å². The summed E-state index contributed by atoms with van der Waals surface area (Å²) in [6, 6.07) is -0.738. The molecule has 96 valence electrons. The first-order chi connectivity index (χ1) is 7.97. The van der Waals surface area contributed by atoms with Gasteiger partial charge in [-0.25, -0.2) is 4.79 Å². The molecule has 0 heterocycles. The SMILES string of the molecule is COCCNC(=O)C(C)NC(=O)/C=C/C(=O)O. The number of ether oxygens (including phenoxy) is 1. The maximum Gasteiger partial charge on any atom is 0.328 e. The van der Waals surface area contributed by atoms with Gasteiger partial charge in [0.15, 0.2) is 0 Å².